The number of ether oxygens (including phenoxy) is 3. The second kappa shape index (κ2) is 8.87. The molecule has 0 aliphatic rings. The number of hydrogen-bond acceptors (Lipinski definition) is 4. The summed E-state index contributed by atoms with van der Waals surface area (Å²) in [6.45, 7) is 3.01. The van der Waals surface area contributed by atoms with Crippen LogP contribution in [0.15, 0.2) is 42.5 Å². The van der Waals surface area contributed by atoms with E-state index in [0.29, 0.717) is 30.3 Å². The SMILES string of the molecule is C#CCOc1cc(CNC(=O)c2cc3ccc(OCC)cc3[nH]2)ccc1OC. The van der Waals surface area contributed by atoms with Crippen molar-refractivity contribution < 1.29 is 19.0 Å². The van der Waals surface area contributed by atoms with Crippen molar-refractivity contribution in [3.63, 3.8) is 0 Å². The van der Waals surface area contributed by atoms with Crippen molar-refractivity contribution in [3.8, 4) is 29.6 Å². The van der Waals surface area contributed by atoms with Crippen LogP contribution in [0.25, 0.3) is 10.9 Å². The zero-order chi connectivity index (χ0) is 19.9. The summed E-state index contributed by atoms with van der Waals surface area (Å²) >= 11 is 0. The summed E-state index contributed by atoms with van der Waals surface area (Å²) in [6.07, 6.45) is 5.24. The number of amides is 1. The molecule has 2 N–H and O–H groups in total. The second-order valence-corrected chi connectivity index (χ2v) is 6.03. The molecule has 3 rings (SSSR count). The molecule has 0 radical (unpaired) electrons. The maximum Gasteiger partial charge on any atom is 0.267 e. The van der Waals surface area contributed by atoms with E-state index in [2.05, 4.69) is 16.2 Å². The van der Waals surface area contributed by atoms with Gasteiger partial charge in [0.15, 0.2) is 11.5 Å². The molecule has 2 aromatic carbocycles. The number of benzene rings is 2. The number of aromatic nitrogens is 1. The monoisotopic (exact) mass is 378 g/mol. The first-order valence-corrected chi connectivity index (χ1v) is 8.91. The molecule has 1 heterocycles. The first kappa shape index (κ1) is 19.2. The van der Waals surface area contributed by atoms with E-state index >= 15 is 0 Å². The van der Waals surface area contributed by atoms with Gasteiger partial charge in [0.1, 0.15) is 18.1 Å². The molecule has 0 saturated heterocycles. The van der Waals surface area contributed by atoms with E-state index in [4.69, 9.17) is 20.6 Å². The molecule has 6 nitrogen and oxygen atoms in total. The molecule has 0 saturated carbocycles. The minimum Gasteiger partial charge on any atom is -0.494 e. The first-order chi connectivity index (χ1) is 13.6. The smallest absolute Gasteiger partial charge is 0.267 e. The molecule has 0 bridgehead atoms. The fraction of sp³-hybridized carbons (Fsp3) is 0.227. The van der Waals surface area contributed by atoms with E-state index in [1.807, 2.05) is 37.3 Å². The minimum atomic E-state index is -0.198. The predicted octanol–water partition coefficient (Wildman–Crippen LogP) is 3.52. The van der Waals surface area contributed by atoms with Crippen LogP contribution in [0.1, 0.15) is 23.0 Å². The van der Waals surface area contributed by atoms with Crippen LogP contribution in [0.4, 0.5) is 0 Å². The van der Waals surface area contributed by atoms with Crippen LogP contribution in [0.2, 0.25) is 0 Å². The molecule has 1 aromatic heterocycles. The van der Waals surface area contributed by atoms with E-state index < -0.39 is 0 Å². The van der Waals surface area contributed by atoms with Gasteiger partial charge in [0, 0.05) is 23.5 Å². The lowest BCUT2D eigenvalue weighted by atomic mass is 10.2. The van der Waals surface area contributed by atoms with Gasteiger partial charge in [0.2, 0.25) is 0 Å². The highest BCUT2D eigenvalue weighted by atomic mass is 16.5. The van der Waals surface area contributed by atoms with Gasteiger partial charge in [0.05, 0.1) is 13.7 Å². The number of terminal acetylenes is 1. The van der Waals surface area contributed by atoms with Crippen LogP contribution < -0.4 is 19.5 Å². The molecular weight excluding hydrogens is 356 g/mol. The number of rotatable bonds is 8. The van der Waals surface area contributed by atoms with Gasteiger partial charge in [0.25, 0.3) is 5.91 Å². The van der Waals surface area contributed by atoms with Crippen LogP contribution in [-0.2, 0) is 6.54 Å². The molecule has 0 atom stereocenters. The molecule has 1 amide bonds. The van der Waals surface area contributed by atoms with E-state index in [1.54, 1.807) is 19.2 Å². The summed E-state index contributed by atoms with van der Waals surface area (Å²) in [5.41, 5.74) is 2.21. The van der Waals surface area contributed by atoms with Crippen LogP contribution in [0, 0.1) is 12.3 Å². The number of carbonyl (C=O) groups excluding carboxylic acids is 1. The number of aromatic amines is 1. The van der Waals surface area contributed by atoms with Gasteiger partial charge in [-0.25, -0.2) is 0 Å². The fourth-order valence-corrected chi connectivity index (χ4v) is 2.83. The molecule has 0 fully saturated rings. The third-order valence-corrected chi connectivity index (χ3v) is 4.14. The zero-order valence-electron chi connectivity index (χ0n) is 15.9. The van der Waals surface area contributed by atoms with E-state index in [9.17, 15) is 4.79 Å². The number of carbonyl (C=O) groups is 1. The topological polar surface area (TPSA) is 72.6 Å². The van der Waals surface area contributed by atoms with Crippen LogP contribution in [-0.4, -0.2) is 31.2 Å². The maximum absolute atomic E-state index is 12.5. The molecule has 0 spiro atoms. The zero-order valence-corrected chi connectivity index (χ0v) is 15.9. The Morgan fingerprint density at radius 1 is 1.14 bits per heavy atom. The van der Waals surface area contributed by atoms with Gasteiger partial charge in [-0.1, -0.05) is 12.0 Å². The van der Waals surface area contributed by atoms with Crippen LogP contribution in [0.5, 0.6) is 17.2 Å². The molecule has 3 aromatic rings. The Balaban J connectivity index is 1.70. The van der Waals surface area contributed by atoms with Crippen molar-refractivity contribution in [2.24, 2.45) is 0 Å². The van der Waals surface area contributed by atoms with Crippen molar-refractivity contribution in [1.29, 1.82) is 0 Å². The third-order valence-electron chi connectivity index (χ3n) is 4.14. The van der Waals surface area contributed by atoms with Gasteiger partial charge >= 0.3 is 0 Å². The molecule has 0 unspecified atom stereocenters. The average Bonchev–Trinajstić information content (AvgIpc) is 3.14. The number of nitrogens with one attached hydrogen (secondary N) is 2. The molecule has 6 heteroatoms. The number of fused-ring (bicyclic) bond motifs is 1. The van der Waals surface area contributed by atoms with Gasteiger partial charge < -0.3 is 24.5 Å². The van der Waals surface area contributed by atoms with Crippen LogP contribution >= 0.6 is 0 Å². The summed E-state index contributed by atoms with van der Waals surface area (Å²) in [4.78, 5) is 15.7. The largest absolute Gasteiger partial charge is 0.494 e. The van der Waals surface area contributed by atoms with E-state index in [1.165, 1.54) is 0 Å². The Morgan fingerprint density at radius 3 is 2.75 bits per heavy atom. The number of hydrogen-bond donors (Lipinski definition) is 2. The van der Waals surface area contributed by atoms with Crippen molar-refractivity contribution >= 4 is 16.8 Å². The summed E-state index contributed by atoms with van der Waals surface area (Å²) in [7, 11) is 1.56. The predicted molar refractivity (Wildman–Crippen MR) is 108 cm³/mol. The van der Waals surface area contributed by atoms with Gasteiger partial charge in [-0.2, -0.15) is 0 Å². The van der Waals surface area contributed by atoms with Crippen molar-refractivity contribution in [3.05, 3.63) is 53.7 Å². The molecule has 28 heavy (non-hydrogen) atoms. The maximum atomic E-state index is 12.5. The quantitative estimate of drug-likeness (QED) is 0.589. The summed E-state index contributed by atoms with van der Waals surface area (Å²) < 4.78 is 16.2. The normalized spacial score (nSPS) is 10.3. The van der Waals surface area contributed by atoms with Crippen molar-refractivity contribution in [1.82, 2.24) is 10.3 Å². The lowest BCUT2D eigenvalue weighted by molar-refractivity contribution is 0.0946. The molecular formula is C22H22N2O4. The summed E-state index contributed by atoms with van der Waals surface area (Å²) in [5, 5.41) is 3.85. The van der Waals surface area contributed by atoms with Gasteiger partial charge in [-0.15, -0.1) is 6.42 Å². The highest BCUT2D eigenvalue weighted by Gasteiger charge is 2.11. The Morgan fingerprint density at radius 2 is 2.00 bits per heavy atom. The van der Waals surface area contributed by atoms with Crippen molar-refractivity contribution in [2.75, 3.05) is 20.3 Å². The lowest BCUT2D eigenvalue weighted by Crippen LogP contribution is -2.23. The third kappa shape index (κ3) is 4.38. The fourth-order valence-electron chi connectivity index (χ4n) is 2.83. The van der Waals surface area contributed by atoms with Gasteiger partial charge in [-0.3, -0.25) is 4.79 Å². The van der Waals surface area contributed by atoms with Crippen molar-refractivity contribution in [2.45, 2.75) is 13.5 Å². The standard InChI is InChI=1S/C22H22N2O4/c1-4-10-28-21-11-15(6-9-20(21)26-3)14-23-22(25)19-12-16-7-8-17(27-5-2)13-18(16)24-19/h1,6-9,11-13,24H,5,10,14H2,2-3H3,(H,23,25). The highest BCUT2D eigenvalue weighted by Crippen LogP contribution is 2.28. The Kier molecular flexibility index (Phi) is 6.07. The average molecular weight is 378 g/mol. The summed E-state index contributed by atoms with van der Waals surface area (Å²) in [6, 6.07) is 13.0. The lowest BCUT2D eigenvalue weighted by Gasteiger charge is -2.11. The highest BCUT2D eigenvalue weighted by molar-refractivity contribution is 5.98. The molecule has 0 aliphatic heterocycles. The Hall–Kier alpha value is -3.59. The number of H-pyrrole nitrogens is 1. The van der Waals surface area contributed by atoms with E-state index in [-0.39, 0.29) is 12.5 Å². The minimum absolute atomic E-state index is 0.144. The summed E-state index contributed by atoms with van der Waals surface area (Å²) in [5.74, 6) is 4.12. The van der Waals surface area contributed by atoms with Crippen LogP contribution in [0.3, 0.4) is 0 Å². The number of methoxy groups -OCH3 is 1. The van der Waals surface area contributed by atoms with E-state index in [0.717, 1.165) is 22.2 Å². The first-order valence-electron chi connectivity index (χ1n) is 8.91. The van der Waals surface area contributed by atoms with Gasteiger partial charge in [-0.05, 0) is 42.8 Å². The molecule has 0 aliphatic carbocycles. The Labute approximate surface area is 163 Å². The Bertz CT molecular complexity index is 1020. The second-order valence-electron chi connectivity index (χ2n) is 6.03. The molecule has 144 valence electrons.